The molecule has 0 aliphatic carbocycles. The number of thiazole rings is 1. The molecule has 1 atom stereocenters. The Balaban J connectivity index is 1.31. The number of nitrogens with one attached hydrogen (secondary N) is 1. The standard InChI is InChI=1S/C29H31ClN6O3S/c1-18(2)26-24(15-31-36(26)29-33-25(17-40-29)20-6-5-7-23(14-20)39-4)27(37)34-12-13-35(19(3)16-34)28(38)32-22-10-8-21(30)9-11-22/h5-11,14-15,17-19H,12-13,16H2,1-4H3,(H,32,38). The highest BCUT2D eigenvalue weighted by Crippen LogP contribution is 2.30. The molecule has 0 spiro atoms. The number of amides is 3. The van der Waals surface area contributed by atoms with Crippen LogP contribution >= 0.6 is 22.9 Å². The van der Waals surface area contributed by atoms with Gasteiger partial charge < -0.3 is 19.9 Å². The average molecular weight is 579 g/mol. The molecule has 208 valence electrons. The van der Waals surface area contributed by atoms with E-state index in [1.807, 2.05) is 50.4 Å². The van der Waals surface area contributed by atoms with E-state index in [2.05, 4.69) is 10.4 Å². The van der Waals surface area contributed by atoms with Crippen LogP contribution in [0.2, 0.25) is 5.02 Å². The van der Waals surface area contributed by atoms with Crippen LogP contribution in [0, 0.1) is 0 Å². The van der Waals surface area contributed by atoms with E-state index in [1.165, 1.54) is 11.3 Å². The Hall–Kier alpha value is -3.89. The molecule has 5 rings (SSSR count). The van der Waals surface area contributed by atoms with Crippen LogP contribution in [-0.2, 0) is 0 Å². The van der Waals surface area contributed by atoms with Gasteiger partial charge in [0, 0.05) is 47.3 Å². The molecule has 1 saturated heterocycles. The molecule has 1 N–H and O–H groups in total. The topological polar surface area (TPSA) is 92.6 Å². The van der Waals surface area contributed by atoms with Gasteiger partial charge in [-0.3, -0.25) is 4.79 Å². The van der Waals surface area contributed by atoms with E-state index in [1.54, 1.807) is 52.1 Å². The number of halogens is 1. The number of carbonyl (C=O) groups excluding carboxylic acids is 2. The van der Waals surface area contributed by atoms with Gasteiger partial charge >= 0.3 is 6.03 Å². The highest BCUT2D eigenvalue weighted by Gasteiger charge is 2.33. The highest BCUT2D eigenvalue weighted by molar-refractivity contribution is 7.12. The van der Waals surface area contributed by atoms with Crippen molar-refractivity contribution < 1.29 is 14.3 Å². The van der Waals surface area contributed by atoms with Crippen molar-refractivity contribution in [2.75, 3.05) is 32.1 Å². The van der Waals surface area contributed by atoms with Gasteiger partial charge in [0.1, 0.15) is 5.75 Å². The van der Waals surface area contributed by atoms with Crippen molar-refractivity contribution in [1.82, 2.24) is 24.6 Å². The lowest BCUT2D eigenvalue weighted by atomic mass is 10.0. The number of nitrogens with zero attached hydrogens (tertiary/aromatic N) is 5. The fourth-order valence-electron chi connectivity index (χ4n) is 4.85. The summed E-state index contributed by atoms with van der Waals surface area (Å²) in [6.07, 6.45) is 1.63. The fraction of sp³-hybridized carbons (Fsp3) is 0.310. The summed E-state index contributed by atoms with van der Waals surface area (Å²) in [6, 6.07) is 14.4. The quantitative estimate of drug-likeness (QED) is 0.296. The highest BCUT2D eigenvalue weighted by atomic mass is 35.5. The summed E-state index contributed by atoms with van der Waals surface area (Å²) in [5.74, 6) is 0.706. The molecule has 4 aromatic rings. The summed E-state index contributed by atoms with van der Waals surface area (Å²) in [6.45, 7) is 7.31. The third-order valence-electron chi connectivity index (χ3n) is 6.89. The second-order valence-electron chi connectivity index (χ2n) is 9.99. The van der Waals surface area contributed by atoms with Crippen LogP contribution in [0.4, 0.5) is 10.5 Å². The molecular formula is C29H31ClN6O3S. The van der Waals surface area contributed by atoms with Crippen LogP contribution in [-0.4, -0.2) is 69.3 Å². The molecule has 2 aromatic carbocycles. The average Bonchev–Trinajstić information content (AvgIpc) is 3.62. The molecule has 1 unspecified atom stereocenters. The summed E-state index contributed by atoms with van der Waals surface area (Å²) in [4.78, 5) is 35.0. The number of rotatable bonds is 6. The summed E-state index contributed by atoms with van der Waals surface area (Å²) in [7, 11) is 1.64. The molecule has 2 aromatic heterocycles. The molecule has 9 nitrogen and oxygen atoms in total. The summed E-state index contributed by atoms with van der Waals surface area (Å²) < 4.78 is 7.12. The molecule has 1 aliphatic heterocycles. The Morgan fingerprint density at radius 2 is 1.93 bits per heavy atom. The third kappa shape index (κ3) is 5.68. The zero-order valence-electron chi connectivity index (χ0n) is 22.8. The Kier molecular flexibility index (Phi) is 8.09. The number of ether oxygens (including phenoxy) is 1. The van der Waals surface area contributed by atoms with Crippen LogP contribution < -0.4 is 10.1 Å². The van der Waals surface area contributed by atoms with Crippen molar-refractivity contribution in [3.05, 3.63) is 76.4 Å². The van der Waals surface area contributed by atoms with Crippen LogP contribution in [0.1, 0.15) is 42.7 Å². The Morgan fingerprint density at radius 3 is 2.62 bits per heavy atom. The predicted octanol–water partition coefficient (Wildman–Crippen LogP) is 6.16. The van der Waals surface area contributed by atoms with E-state index < -0.39 is 0 Å². The van der Waals surface area contributed by atoms with Crippen molar-refractivity contribution in [3.63, 3.8) is 0 Å². The van der Waals surface area contributed by atoms with E-state index in [0.29, 0.717) is 41.0 Å². The monoisotopic (exact) mass is 578 g/mol. The molecule has 0 bridgehead atoms. The van der Waals surface area contributed by atoms with Gasteiger partial charge in [0.25, 0.3) is 5.91 Å². The fourth-order valence-corrected chi connectivity index (χ4v) is 5.78. The largest absolute Gasteiger partial charge is 0.497 e. The smallest absolute Gasteiger partial charge is 0.322 e. The van der Waals surface area contributed by atoms with Gasteiger partial charge in [-0.1, -0.05) is 37.6 Å². The predicted molar refractivity (Wildman–Crippen MR) is 158 cm³/mol. The zero-order valence-corrected chi connectivity index (χ0v) is 24.4. The number of anilines is 1. The summed E-state index contributed by atoms with van der Waals surface area (Å²) in [5.41, 5.74) is 3.81. The van der Waals surface area contributed by atoms with Crippen LogP contribution in [0.15, 0.2) is 60.1 Å². The molecule has 1 aliphatic rings. The van der Waals surface area contributed by atoms with Crippen molar-refractivity contribution in [2.45, 2.75) is 32.7 Å². The number of hydrogen-bond acceptors (Lipinski definition) is 6. The maximum atomic E-state index is 13.7. The Morgan fingerprint density at radius 1 is 1.15 bits per heavy atom. The lowest BCUT2D eigenvalue weighted by Crippen LogP contribution is -2.56. The molecule has 3 heterocycles. The van der Waals surface area contributed by atoms with Crippen molar-refractivity contribution >= 4 is 40.6 Å². The van der Waals surface area contributed by atoms with Gasteiger partial charge in [-0.15, -0.1) is 11.3 Å². The molecule has 40 heavy (non-hydrogen) atoms. The number of urea groups is 1. The number of methoxy groups -OCH3 is 1. The van der Waals surface area contributed by atoms with Crippen molar-refractivity contribution in [1.29, 1.82) is 0 Å². The number of aromatic nitrogens is 3. The first-order chi connectivity index (χ1) is 19.2. The molecule has 3 amide bonds. The summed E-state index contributed by atoms with van der Waals surface area (Å²) >= 11 is 7.42. The number of piperazine rings is 1. The van der Waals surface area contributed by atoms with Gasteiger partial charge in [-0.25, -0.2) is 14.5 Å². The first-order valence-electron chi connectivity index (χ1n) is 13.1. The minimum Gasteiger partial charge on any atom is -0.497 e. The second kappa shape index (κ2) is 11.7. The van der Waals surface area contributed by atoms with Gasteiger partial charge in [-0.2, -0.15) is 5.10 Å². The SMILES string of the molecule is COc1cccc(-c2csc(-n3ncc(C(=O)N4CCN(C(=O)Nc5ccc(Cl)cc5)C(C)C4)c3C(C)C)n2)c1. The van der Waals surface area contributed by atoms with Crippen molar-refractivity contribution in [3.8, 4) is 22.1 Å². The van der Waals surface area contributed by atoms with E-state index in [-0.39, 0.29) is 23.9 Å². The number of hydrogen-bond donors (Lipinski definition) is 1. The van der Waals surface area contributed by atoms with Crippen LogP contribution in [0.5, 0.6) is 5.75 Å². The maximum absolute atomic E-state index is 13.7. The van der Waals surface area contributed by atoms with E-state index in [9.17, 15) is 9.59 Å². The van der Waals surface area contributed by atoms with Crippen molar-refractivity contribution in [2.24, 2.45) is 0 Å². The second-order valence-corrected chi connectivity index (χ2v) is 11.3. The molecule has 0 radical (unpaired) electrons. The van der Waals surface area contributed by atoms with E-state index in [0.717, 1.165) is 22.7 Å². The van der Waals surface area contributed by atoms with Gasteiger partial charge in [0.05, 0.1) is 30.3 Å². The number of benzene rings is 2. The lowest BCUT2D eigenvalue weighted by molar-refractivity contribution is 0.0590. The van der Waals surface area contributed by atoms with Crippen LogP contribution in [0.25, 0.3) is 16.4 Å². The van der Waals surface area contributed by atoms with Gasteiger partial charge in [-0.05, 0) is 49.2 Å². The van der Waals surface area contributed by atoms with Gasteiger partial charge in [0.15, 0.2) is 0 Å². The first kappa shape index (κ1) is 27.7. The van der Waals surface area contributed by atoms with E-state index >= 15 is 0 Å². The summed E-state index contributed by atoms with van der Waals surface area (Å²) in [5, 5.41) is 10.8. The van der Waals surface area contributed by atoms with Gasteiger partial charge in [0.2, 0.25) is 5.13 Å². The van der Waals surface area contributed by atoms with Crippen LogP contribution in [0.3, 0.4) is 0 Å². The normalized spacial score (nSPS) is 15.4. The van der Waals surface area contributed by atoms with E-state index in [4.69, 9.17) is 21.3 Å². The Bertz CT molecular complexity index is 1520. The third-order valence-corrected chi connectivity index (χ3v) is 7.96. The number of carbonyl (C=O) groups is 2. The minimum absolute atomic E-state index is 0.0366. The Labute approximate surface area is 242 Å². The molecule has 11 heteroatoms. The lowest BCUT2D eigenvalue weighted by Gasteiger charge is -2.39. The first-order valence-corrected chi connectivity index (χ1v) is 14.3. The minimum atomic E-state index is -0.201. The molecular weight excluding hydrogens is 548 g/mol. The maximum Gasteiger partial charge on any atom is 0.322 e. The molecule has 0 saturated carbocycles. The zero-order chi connectivity index (χ0) is 28.4. The molecule has 1 fully saturated rings.